The van der Waals surface area contributed by atoms with Crippen molar-refractivity contribution >= 4 is 17.3 Å². The third-order valence-electron chi connectivity index (χ3n) is 4.68. The van der Waals surface area contributed by atoms with E-state index in [0.29, 0.717) is 12.8 Å². The fourth-order valence-corrected chi connectivity index (χ4v) is 3.56. The number of hydrogen-bond acceptors (Lipinski definition) is 6. The number of carbonyl (C=O) groups is 1. The quantitative estimate of drug-likeness (QED) is 0.861. The van der Waals surface area contributed by atoms with Crippen LogP contribution in [-0.4, -0.2) is 41.8 Å². The number of aromatic hydroxyl groups is 1. The molecule has 1 saturated heterocycles. The van der Waals surface area contributed by atoms with Crippen molar-refractivity contribution in [1.29, 1.82) is 0 Å². The maximum Gasteiger partial charge on any atom is 0.217 e. The predicted molar refractivity (Wildman–Crippen MR) is 95.9 cm³/mol. The van der Waals surface area contributed by atoms with Crippen molar-refractivity contribution in [1.82, 2.24) is 5.16 Å². The summed E-state index contributed by atoms with van der Waals surface area (Å²) in [7, 11) is 0. The molecule has 3 rings (SSSR count). The Kier molecular flexibility index (Phi) is 4.83. The minimum absolute atomic E-state index is 0.108. The third kappa shape index (κ3) is 3.70. The first-order chi connectivity index (χ1) is 12.0. The van der Waals surface area contributed by atoms with Crippen molar-refractivity contribution in [3.8, 4) is 5.75 Å². The van der Waals surface area contributed by atoms with Crippen LogP contribution in [0.25, 0.3) is 0 Å². The van der Waals surface area contributed by atoms with Crippen LogP contribution >= 0.6 is 0 Å². The minimum atomic E-state index is -0.301. The number of aromatic nitrogens is 1. The first-order valence-corrected chi connectivity index (χ1v) is 8.47. The maximum atomic E-state index is 11.3. The fourth-order valence-electron chi connectivity index (χ4n) is 3.56. The molecule has 0 spiro atoms. The highest BCUT2D eigenvalue weighted by Crippen LogP contribution is 2.31. The second-order valence-corrected chi connectivity index (χ2v) is 6.49. The number of phenolic OH excluding ortho intramolecular Hbond substituents is 1. The molecule has 0 aliphatic carbocycles. The highest BCUT2D eigenvalue weighted by atomic mass is 16.5. The number of piperazine rings is 1. The molecule has 7 nitrogen and oxygen atoms in total. The lowest BCUT2D eigenvalue weighted by molar-refractivity contribution is -0.118. The number of primary amides is 1. The number of nitrogens with zero attached hydrogens (tertiary/aromatic N) is 3. The van der Waals surface area contributed by atoms with Crippen LogP contribution in [0, 0.1) is 13.8 Å². The van der Waals surface area contributed by atoms with Gasteiger partial charge in [-0.1, -0.05) is 11.2 Å². The lowest BCUT2D eigenvalue weighted by Crippen LogP contribution is -2.54. The van der Waals surface area contributed by atoms with Gasteiger partial charge in [0.1, 0.15) is 17.1 Å². The van der Waals surface area contributed by atoms with Crippen LogP contribution in [0.1, 0.15) is 24.3 Å². The van der Waals surface area contributed by atoms with Gasteiger partial charge in [0.15, 0.2) is 5.76 Å². The summed E-state index contributed by atoms with van der Waals surface area (Å²) in [5, 5.41) is 13.8. The monoisotopic (exact) mass is 344 g/mol. The van der Waals surface area contributed by atoms with Gasteiger partial charge < -0.3 is 25.2 Å². The largest absolute Gasteiger partial charge is 0.508 e. The summed E-state index contributed by atoms with van der Waals surface area (Å²) in [6.07, 6.45) is 0.986. The molecule has 0 radical (unpaired) electrons. The van der Waals surface area contributed by atoms with E-state index in [1.54, 1.807) is 12.1 Å². The molecule has 1 amide bonds. The summed E-state index contributed by atoms with van der Waals surface area (Å²) < 4.78 is 5.30. The number of benzene rings is 1. The molecule has 1 unspecified atom stereocenters. The number of amides is 1. The van der Waals surface area contributed by atoms with Gasteiger partial charge in [-0.15, -0.1) is 0 Å². The zero-order chi connectivity index (χ0) is 18.0. The van der Waals surface area contributed by atoms with Crippen LogP contribution in [0.2, 0.25) is 0 Å². The van der Waals surface area contributed by atoms with Gasteiger partial charge in [0, 0.05) is 43.9 Å². The molecule has 3 N–H and O–H groups in total. The van der Waals surface area contributed by atoms with Crippen LogP contribution in [0.4, 0.5) is 11.4 Å². The van der Waals surface area contributed by atoms with Gasteiger partial charge in [-0.05, 0) is 32.4 Å². The van der Waals surface area contributed by atoms with Crippen LogP contribution in [0.15, 0.2) is 28.8 Å². The highest BCUT2D eigenvalue weighted by molar-refractivity contribution is 5.73. The Labute approximate surface area is 147 Å². The molecule has 0 saturated carbocycles. The Morgan fingerprint density at radius 1 is 1.40 bits per heavy atom. The molecule has 1 aliphatic heterocycles. The molecule has 2 aromatic rings. The van der Waals surface area contributed by atoms with Gasteiger partial charge in [0.25, 0.3) is 0 Å². The second kappa shape index (κ2) is 7.04. The molecular weight excluding hydrogens is 320 g/mol. The molecule has 2 heterocycles. The molecule has 1 fully saturated rings. The van der Waals surface area contributed by atoms with Crippen LogP contribution in [0.5, 0.6) is 5.75 Å². The lowest BCUT2D eigenvalue weighted by Gasteiger charge is -2.43. The van der Waals surface area contributed by atoms with E-state index in [9.17, 15) is 9.90 Å². The standard InChI is InChI=1S/C18H24N4O3/c1-12-18(13(2)25-20-12)21-8-9-22(14-4-3-5-16(23)10-14)15(11-21)6-7-17(19)24/h3-5,10,15,23H,6-9,11H2,1-2H3,(H2,19,24). The molecule has 134 valence electrons. The summed E-state index contributed by atoms with van der Waals surface area (Å²) in [5.74, 6) is 0.738. The smallest absolute Gasteiger partial charge is 0.217 e. The SMILES string of the molecule is Cc1noc(C)c1N1CCN(c2cccc(O)c2)C(CCC(N)=O)C1. The lowest BCUT2D eigenvalue weighted by atomic mass is 10.0. The van der Waals surface area contributed by atoms with Gasteiger partial charge in [0.05, 0.1) is 0 Å². The van der Waals surface area contributed by atoms with Gasteiger partial charge in [-0.3, -0.25) is 4.79 Å². The molecule has 1 atom stereocenters. The first-order valence-electron chi connectivity index (χ1n) is 8.47. The maximum absolute atomic E-state index is 11.3. The van der Waals surface area contributed by atoms with Crippen molar-refractivity contribution in [2.75, 3.05) is 29.4 Å². The molecule has 0 bridgehead atoms. The number of anilines is 2. The van der Waals surface area contributed by atoms with Gasteiger partial charge in [-0.25, -0.2) is 0 Å². The number of rotatable bonds is 5. The van der Waals surface area contributed by atoms with E-state index >= 15 is 0 Å². The molecule has 25 heavy (non-hydrogen) atoms. The zero-order valence-electron chi connectivity index (χ0n) is 14.6. The van der Waals surface area contributed by atoms with Gasteiger partial charge in [0.2, 0.25) is 5.91 Å². The van der Waals surface area contributed by atoms with Crippen LogP contribution in [0.3, 0.4) is 0 Å². The van der Waals surface area contributed by atoms with Crippen molar-refractivity contribution in [3.05, 3.63) is 35.7 Å². The Morgan fingerprint density at radius 3 is 2.84 bits per heavy atom. The molecule has 1 aromatic heterocycles. The number of carbonyl (C=O) groups excluding carboxylic acids is 1. The number of aryl methyl sites for hydroxylation is 2. The van der Waals surface area contributed by atoms with Crippen LogP contribution < -0.4 is 15.5 Å². The summed E-state index contributed by atoms with van der Waals surface area (Å²) in [4.78, 5) is 15.8. The Morgan fingerprint density at radius 2 is 2.20 bits per heavy atom. The predicted octanol–water partition coefficient (Wildman–Crippen LogP) is 1.96. The summed E-state index contributed by atoms with van der Waals surface area (Å²) in [5.41, 5.74) is 8.21. The summed E-state index contributed by atoms with van der Waals surface area (Å²) in [6.45, 7) is 6.18. The number of hydrogen-bond donors (Lipinski definition) is 2. The van der Waals surface area contributed by atoms with E-state index in [1.165, 1.54) is 0 Å². The third-order valence-corrected chi connectivity index (χ3v) is 4.68. The van der Waals surface area contributed by atoms with E-state index in [4.69, 9.17) is 10.3 Å². The number of phenols is 1. The highest BCUT2D eigenvalue weighted by Gasteiger charge is 2.30. The Hall–Kier alpha value is -2.70. The Balaban J connectivity index is 1.84. The van der Waals surface area contributed by atoms with Gasteiger partial charge in [-0.2, -0.15) is 0 Å². The van der Waals surface area contributed by atoms with E-state index in [-0.39, 0.29) is 17.7 Å². The minimum Gasteiger partial charge on any atom is -0.508 e. The Bertz CT molecular complexity index is 739. The molecule has 1 aromatic carbocycles. The topological polar surface area (TPSA) is 95.8 Å². The average molecular weight is 344 g/mol. The van der Waals surface area contributed by atoms with Gasteiger partial charge >= 0.3 is 0 Å². The molecule has 1 aliphatic rings. The van der Waals surface area contributed by atoms with E-state index in [1.807, 2.05) is 26.0 Å². The molecule has 7 heteroatoms. The first kappa shape index (κ1) is 17.1. The van der Waals surface area contributed by atoms with E-state index < -0.39 is 0 Å². The van der Waals surface area contributed by atoms with Crippen molar-refractivity contribution in [2.24, 2.45) is 5.73 Å². The second-order valence-electron chi connectivity index (χ2n) is 6.49. The van der Waals surface area contributed by atoms with E-state index in [0.717, 1.165) is 42.5 Å². The van der Waals surface area contributed by atoms with Crippen molar-refractivity contribution in [2.45, 2.75) is 32.7 Å². The van der Waals surface area contributed by atoms with Crippen molar-refractivity contribution < 1.29 is 14.4 Å². The summed E-state index contributed by atoms with van der Waals surface area (Å²) >= 11 is 0. The van der Waals surface area contributed by atoms with Crippen LogP contribution in [-0.2, 0) is 4.79 Å². The normalized spacial score (nSPS) is 17.8. The average Bonchev–Trinajstić information content (AvgIpc) is 2.91. The number of nitrogens with two attached hydrogens (primary N) is 1. The fraction of sp³-hybridized carbons (Fsp3) is 0.444. The zero-order valence-corrected chi connectivity index (χ0v) is 14.6. The van der Waals surface area contributed by atoms with Crippen molar-refractivity contribution in [3.63, 3.8) is 0 Å². The van der Waals surface area contributed by atoms with E-state index in [2.05, 4.69) is 15.0 Å². The summed E-state index contributed by atoms with van der Waals surface area (Å²) in [6, 6.07) is 7.32. The molecular formula is C18H24N4O3.